The van der Waals surface area contributed by atoms with Gasteiger partial charge in [-0.3, -0.25) is 0 Å². The molecule has 19 heavy (non-hydrogen) atoms. The van der Waals surface area contributed by atoms with Crippen LogP contribution < -0.4 is 5.32 Å². The van der Waals surface area contributed by atoms with Gasteiger partial charge in [0.15, 0.2) is 11.5 Å². The first-order chi connectivity index (χ1) is 9.15. The molecular weight excluding hydrogens is 238 g/mol. The van der Waals surface area contributed by atoms with Gasteiger partial charge in [0, 0.05) is 19.0 Å². The lowest BCUT2D eigenvalue weighted by Gasteiger charge is -2.30. The third-order valence-corrected chi connectivity index (χ3v) is 3.90. The molecule has 2 heterocycles. The van der Waals surface area contributed by atoms with Crippen molar-refractivity contribution in [2.75, 3.05) is 20.6 Å². The summed E-state index contributed by atoms with van der Waals surface area (Å²) in [5, 5.41) is 3.60. The molecule has 0 bridgehead atoms. The van der Waals surface area contributed by atoms with E-state index in [-0.39, 0.29) is 0 Å². The summed E-state index contributed by atoms with van der Waals surface area (Å²) in [6.07, 6.45) is 2.50. The Labute approximate surface area is 113 Å². The molecule has 4 heteroatoms. The van der Waals surface area contributed by atoms with Crippen LogP contribution in [0.3, 0.4) is 0 Å². The van der Waals surface area contributed by atoms with E-state index in [4.69, 9.17) is 4.42 Å². The summed E-state index contributed by atoms with van der Waals surface area (Å²) >= 11 is 0. The maximum atomic E-state index is 5.55. The maximum absolute atomic E-state index is 5.55. The van der Waals surface area contributed by atoms with Gasteiger partial charge in [-0.1, -0.05) is 6.07 Å². The monoisotopic (exact) mass is 259 g/mol. The molecule has 1 aromatic heterocycles. The van der Waals surface area contributed by atoms with Gasteiger partial charge in [-0.15, -0.1) is 0 Å². The van der Waals surface area contributed by atoms with Crippen LogP contribution in [0.4, 0.5) is 0 Å². The van der Waals surface area contributed by atoms with Crippen LogP contribution in [-0.4, -0.2) is 36.6 Å². The van der Waals surface area contributed by atoms with Crippen LogP contribution in [0.5, 0.6) is 0 Å². The molecule has 1 aliphatic heterocycles. The predicted molar refractivity (Wildman–Crippen MR) is 76.2 cm³/mol. The number of hydrogen-bond donors (Lipinski definition) is 1. The highest BCUT2D eigenvalue weighted by Gasteiger charge is 2.27. The molecule has 0 spiro atoms. The minimum Gasteiger partial charge on any atom is -0.441 e. The van der Waals surface area contributed by atoms with Crippen molar-refractivity contribution in [2.45, 2.75) is 31.8 Å². The molecule has 1 fully saturated rings. The molecule has 2 aromatic rings. The number of nitrogens with zero attached hydrogens (tertiary/aromatic N) is 2. The molecule has 4 nitrogen and oxygen atoms in total. The van der Waals surface area contributed by atoms with E-state index in [1.165, 1.54) is 18.4 Å². The Kier molecular flexibility index (Phi) is 3.29. The fourth-order valence-electron chi connectivity index (χ4n) is 3.11. The molecule has 2 atom stereocenters. The van der Waals surface area contributed by atoms with Gasteiger partial charge in [0.05, 0.1) is 0 Å². The Morgan fingerprint density at radius 3 is 2.95 bits per heavy atom. The third kappa shape index (κ3) is 2.38. The van der Waals surface area contributed by atoms with E-state index < -0.39 is 0 Å². The number of benzene rings is 1. The number of hydrogen-bond acceptors (Lipinski definition) is 4. The van der Waals surface area contributed by atoms with Gasteiger partial charge in [0.25, 0.3) is 0 Å². The first kappa shape index (κ1) is 12.6. The Bertz CT molecular complexity index is 570. The number of oxazole rings is 1. The van der Waals surface area contributed by atoms with E-state index in [9.17, 15) is 0 Å². The first-order valence-electron chi connectivity index (χ1n) is 6.92. The smallest absolute Gasteiger partial charge is 0.192 e. The SMILES string of the molecule is Cc1nc2cc(C(C3CCCN3)N(C)C)ccc2o1. The fourth-order valence-corrected chi connectivity index (χ4v) is 3.11. The molecule has 1 aromatic carbocycles. The number of likely N-dealkylation sites (N-methyl/N-ethyl adjacent to an activating group) is 1. The van der Waals surface area contributed by atoms with Gasteiger partial charge in [-0.05, 0) is 51.2 Å². The summed E-state index contributed by atoms with van der Waals surface area (Å²) < 4.78 is 5.55. The van der Waals surface area contributed by atoms with Gasteiger partial charge in [0.2, 0.25) is 0 Å². The molecule has 0 radical (unpaired) electrons. The summed E-state index contributed by atoms with van der Waals surface area (Å²) in [4.78, 5) is 6.73. The number of nitrogens with one attached hydrogen (secondary N) is 1. The predicted octanol–water partition coefficient (Wildman–Crippen LogP) is 2.49. The number of fused-ring (bicyclic) bond motifs is 1. The standard InChI is InChI=1S/C15H21N3O/c1-10-17-13-9-11(6-7-14(13)19-10)15(18(2)3)12-5-4-8-16-12/h6-7,9,12,15-16H,4-5,8H2,1-3H3. The van der Waals surface area contributed by atoms with Crippen LogP contribution in [0, 0.1) is 6.92 Å². The zero-order chi connectivity index (χ0) is 13.4. The second-order valence-electron chi connectivity index (χ2n) is 5.57. The Morgan fingerprint density at radius 1 is 1.42 bits per heavy atom. The number of aromatic nitrogens is 1. The van der Waals surface area contributed by atoms with Crippen molar-refractivity contribution in [1.29, 1.82) is 0 Å². The molecule has 0 saturated carbocycles. The number of aryl methyl sites for hydroxylation is 1. The maximum Gasteiger partial charge on any atom is 0.192 e. The second kappa shape index (κ2) is 4.94. The molecular formula is C15H21N3O. The fraction of sp³-hybridized carbons (Fsp3) is 0.533. The minimum absolute atomic E-state index is 0.393. The second-order valence-corrected chi connectivity index (χ2v) is 5.57. The molecule has 1 aliphatic rings. The summed E-state index contributed by atoms with van der Waals surface area (Å²) in [5.41, 5.74) is 3.14. The normalized spacial score (nSPS) is 21.4. The van der Waals surface area contributed by atoms with Gasteiger partial charge in [0.1, 0.15) is 5.52 Å². The summed E-state index contributed by atoms with van der Waals surface area (Å²) in [6, 6.07) is 7.29. The van der Waals surface area contributed by atoms with Crippen molar-refractivity contribution >= 4 is 11.1 Å². The first-order valence-corrected chi connectivity index (χ1v) is 6.92. The highest BCUT2D eigenvalue weighted by molar-refractivity contribution is 5.73. The molecule has 102 valence electrons. The molecule has 3 rings (SSSR count). The van der Waals surface area contributed by atoms with Crippen LogP contribution in [0.1, 0.15) is 30.3 Å². The quantitative estimate of drug-likeness (QED) is 0.919. The van der Waals surface area contributed by atoms with Gasteiger partial charge < -0.3 is 14.6 Å². The average Bonchev–Trinajstić information content (AvgIpc) is 2.96. The van der Waals surface area contributed by atoms with E-state index >= 15 is 0 Å². The Morgan fingerprint density at radius 2 is 2.26 bits per heavy atom. The minimum atomic E-state index is 0.393. The summed E-state index contributed by atoms with van der Waals surface area (Å²) in [7, 11) is 4.28. The average molecular weight is 259 g/mol. The zero-order valence-corrected chi connectivity index (χ0v) is 11.8. The van der Waals surface area contributed by atoms with Crippen LogP contribution in [0.25, 0.3) is 11.1 Å². The lowest BCUT2D eigenvalue weighted by molar-refractivity contribution is 0.244. The molecule has 1 N–H and O–H groups in total. The van der Waals surface area contributed by atoms with Crippen molar-refractivity contribution in [3.63, 3.8) is 0 Å². The van der Waals surface area contributed by atoms with Gasteiger partial charge in [-0.25, -0.2) is 4.98 Å². The van der Waals surface area contributed by atoms with E-state index in [2.05, 4.69) is 41.4 Å². The van der Waals surface area contributed by atoms with Gasteiger partial charge >= 0.3 is 0 Å². The lowest BCUT2D eigenvalue weighted by Crippen LogP contribution is -2.37. The van der Waals surface area contributed by atoms with Crippen molar-refractivity contribution in [1.82, 2.24) is 15.2 Å². The van der Waals surface area contributed by atoms with Crippen molar-refractivity contribution in [3.05, 3.63) is 29.7 Å². The van der Waals surface area contributed by atoms with Crippen LogP contribution >= 0.6 is 0 Å². The van der Waals surface area contributed by atoms with Crippen molar-refractivity contribution < 1.29 is 4.42 Å². The molecule has 2 unspecified atom stereocenters. The largest absolute Gasteiger partial charge is 0.441 e. The van der Waals surface area contributed by atoms with E-state index in [0.717, 1.165) is 23.5 Å². The van der Waals surface area contributed by atoms with Crippen molar-refractivity contribution in [3.8, 4) is 0 Å². The molecule has 1 saturated heterocycles. The van der Waals surface area contributed by atoms with Crippen LogP contribution in [0.15, 0.2) is 22.6 Å². The van der Waals surface area contributed by atoms with E-state index in [1.54, 1.807) is 0 Å². The topological polar surface area (TPSA) is 41.3 Å². The summed E-state index contributed by atoms with van der Waals surface area (Å²) in [5.74, 6) is 0.729. The Balaban J connectivity index is 1.99. The van der Waals surface area contributed by atoms with Crippen molar-refractivity contribution in [2.24, 2.45) is 0 Å². The number of rotatable bonds is 3. The third-order valence-electron chi connectivity index (χ3n) is 3.90. The molecule has 0 amide bonds. The zero-order valence-electron chi connectivity index (χ0n) is 11.8. The van der Waals surface area contributed by atoms with Crippen LogP contribution in [-0.2, 0) is 0 Å². The van der Waals surface area contributed by atoms with E-state index in [0.29, 0.717) is 12.1 Å². The van der Waals surface area contributed by atoms with E-state index in [1.807, 2.05) is 13.0 Å². The highest BCUT2D eigenvalue weighted by Crippen LogP contribution is 2.29. The van der Waals surface area contributed by atoms with Crippen LogP contribution in [0.2, 0.25) is 0 Å². The lowest BCUT2D eigenvalue weighted by atomic mass is 9.97. The molecule has 0 aliphatic carbocycles. The summed E-state index contributed by atoms with van der Waals surface area (Å²) in [6.45, 7) is 3.02. The Hall–Kier alpha value is -1.39. The highest BCUT2D eigenvalue weighted by atomic mass is 16.3. The van der Waals surface area contributed by atoms with Gasteiger partial charge in [-0.2, -0.15) is 0 Å².